The second kappa shape index (κ2) is 9.79. The van der Waals surface area contributed by atoms with Gasteiger partial charge in [-0.3, -0.25) is 4.79 Å². The van der Waals surface area contributed by atoms with Crippen LogP contribution in [0.3, 0.4) is 0 Å². The molecule has 1 N–H and O–H groups in total. The second-order valence-corrected chi connectivity index (χ2v) is 7.29. The number of carbonyl (C=O) groups is 2. The first-order chi connectivity index (χ1) is 14.5. The molecule has 1 heterocycles. The van der Waals surface area contributed by atoms with Crippen LogP contribution in [0.1, 0.15) is 48.7 Å². The van der Waals surface area contributed by atoms with Crippen LogP contribution in [0.4, 0.5) is 0 Å². The zero-order valence-electron chi connectivity index (χ0n) is 17.0. The molecule has 7 heteroatoms. The van der Waals surface area contributed by atoms with Gasteiger partial charge in [-0.1, -0.05) is 25.8 Å². The van der Waals surface area contributed by atoms with Gasteiger partial charge in [0.2, 0.25) is 5.76 Å². The first-order valence-corrected chi connectivity index (χ1v) is 9.88. The van der Waals surface area contributed by atoms with E-state index in [9.17, 15) is 14.9 Å². The average molecular weight is 408 g/mol. The molecule has 1 aliphatic carbocycles. The highest BCUT2D eigenvalue weighted by Crippen LogP contribution is 2.30. The summed E-state index contributed by atoms with van der Waals surface area (Å²) >= 11 is 0. The van der Waals surface area contributed by atoms with Crippen molar-refractivity contribution in [2.24, 2.45) is 5.92 Å². The van der Waals surface area contributed by atoms with Crippen LogP contribution in [-0.2, 0) is 4.79 Å². The summed E-state index contributed by atoms with van der Waals surface area (Å²) in [5.74, 6) is -0.0756. The summed E-state index contributed by atoms with van der Waals surface area (Å²) in [6.45, 7) is 2.12. The summed E-state index contributed by atoms with van der Waals surface area (Å²) in [6.07, 6.45) is 7.12. The molecule has 7 nitrogen and oxygen atoms in total. The van der Waals surface area contributed by atoms with E-state index in [1.807, 2.05) is 6.07 Å². The molecule has 1 aromatic heterocycles. The molecule has 1 amide bonds. The van der Waals surface area contributed by atoms with Crippen molar-refractivity contribution >= 4 is 18.0 Å². The molecular weight excluding hydrogens is 384 g/mol. The van der Waals surface area contributed by atoms with E-state index in [1.54, 1.807) is 24.3 Å². The Kier molecular flexibility index (Phi) is 6.91. The fourth-order valence-corrected chi connectivity index (χ4v) is 3.50. The standard InChI is InChI=1S/C23H24N2O5/c1-15-6-3-4-7-18(15)25-22(26)17(14-24)12-16-9-10-19(21(13-16)28-2)30-23(27)20-8-5-11-29-20/h5,8-13,15,18H,3-4,6-7H2,1-2H3,(H,25,26). The van der Waals surface area contributed by atoms with Crippen LogP contribution >= 0.6 is 0 Å². The van der Waals surface area contributed by atoms with Crippen LogP contribution in [0.5, 0.6) is 11.5 Å². The van der Waals surface area contributed by atoms with Gasteiger partial charge in [-0.15, -0.1) is 0 Å². The van der Waals surface area contributed by atoms with Crippen molar-refractivity contribution in [2.45, 2.75) is 38.6 Å². The van der Waals surface area contributed by atoms with E-state index in [4.69, 9.17) is 13.9 Å². The lowest BCUT2D eigenvalue weighted by Gasteiger charge is -2.29. The van der Waals surface area contributed by atoms with Crippen LogP contribution < -0.4 is 14.8 Å². The highest BCUT2D eigenvalue weighted by Gasteiger charge is 2.24. The summed E-state index contributed by atoms with van der Waals surface area (Å²) in [5.41, 5.74) is 0.586. The number of amides is 1. The number of furan rings is 1. The maximum Gasteiger partial charge on any atom is 0.379 e. The predicted octanol–water partition coefficient (Wildman–Crippen LogP) is 4.11. The Morgan fingerprint density at radius 2 is 2.03 bits per heavy atom. The van der Waals surface area contributed by atoms with Crippen molar-refractivity contribution in [3.05, 3.63) is 53.5 Å². The zero-order chi connectivity index (χ0) is 21.5. The zero-order valence-corrected chi connectivity index (χ0v) is 17.0. The van der Waals surface area contributed by atoms with E-state index in [1.165, 1.54) is 31.9 Å². The van der Waals surface area contributed by atoms with Crippen molar-refractivity contribution in [2.75, 3.05) is 7.11 Å². The Morgan fingerprint density at radius 3 is 2.70 bits per heavy atom. The molecule has 2 unspecified atom stereocenters. The maximum atomic E-state index is 12.6. The fourth-order valence-electron chi connectivity index (χ4n) is 3.50. The molecule has 0 saturated heterocycles. The van der Waals surface area contributed by atoms with Gasteiger partial charge in [0.15, 0.2) is 11.5 Å². The normalized spacial score (nSPS) is 18.9. The summed E-state index contributed by atoms with van der Waals surface area (Å²) in [7, 11) is 1.44. The number of benzene rings is 1. The van der Waals surface area contributed by atoms with Crippen molar-refractivity contribution < 1.29 is 23.5 Å². The topological polar surface area (TPSA) is 102 Å². The SMILES string of the molecule is COc1cc(C=C(C#N)C(=O)NC2CCCCC2C)ccc1OC(=O)c1ccco1. The van der Waals surface area contributed by atoms with Gasteiger partial charge in [-0.2, -0.15) is 5.26 Å². The molecule has 1 aliphatic rings. The van der Waals surface area contributed by atoms with Crippen molar-refractivity contribution in [1.82, 2.24) is 5.32 Å². The van der Waals surface area contributed by atoms with Gasteiger partial charge in [0.05, 0.1) is 13.4 Å². The van der Waals surface area contributed by atoms with Crippen LogP contribution in [0.25, 0.3) is 6.08 Å². The Labute approximate surface area is 175 Å². The van der Waals surface area contributed by atoms with E-state index in [0.717, 1.165) is 19.3 Å². The number of hydrogen-bond acceptors (Lipinski definition) is 6. The van der Waals surface area contributed by atoms with Crippen LogP contribution in [0.2, 0.25) is 0 Å². The van der Waals surface area contributed by atoms with E-state index in [2.05, 4.69) is 12.2 Å². The quantitative estimate of drug-likeness (QED) is 0.334. The first kappa shape index (κ1) is 21.2. The predicted molar refractivity (Wildman–Crippen MR) is 110 cm³/mol. The number of rotatable bonds is 6. The van der Waals surface area contributed by atoms with Crippen LogP contribution in [0.15, 0.2) is 46.6 Å². The summed E-state index contributed by atoms with van der Waals surface area (Å²) in [4.78, 5) is 24.7. The van der Waals surface area contributed by atoms with Gasteiger partial charge in [-0.05, 0) is 54.7 Å². The third kappa shape index (κ3) is 5.09. The van der Waals surface area contributed by atoms with E-state index in [-0.39, 0.29) is 29.0 Å². The number of methoxy groups -OCH3 is 1. The van der Waals surface area contributed by atoms with Gasteiger partial charge >= 0.3 is 5.97 Å². The van der Waals surface area contributed by atoms with E-state index in [0.29, 0.717) is 17.2 Å². The number of nitriles is 1. The minimum atomic E-state index is -0.653. The molecule has 156 valence electrons. The minimum Gasteiger partial charge on any atom is -0.493 e. The highest BCUT2D eigenvalue weighted by molar-refractivity contribution is 6.02. The van der Waals surface area contributed by atoms with Crippen molar-refractivity contribution in [3.63, 3.8) is 0 Å². The fraction of sp³-hybridized carbons (Fsp3) is 0.348. The number of esters is 1. The summed E-state index contributed by atoms with van der Waals surface area (Å²) in [6, 6.07) is 9.92. The Balaban J connectivity index is 1.75. The minimum absolute atomic E-state index is 0.00940. The lowest BCUT2D eigenvalue weighted by atomic mass is 9.86. The molecule has 0 aliphatic heterocycles. The number of nitrogens with zero attached hydrogens (tertiary/aromatic N) is 1. The van der Waals surface area contributed by atoms with Gasteiger partial charge in [0.25, 0.3) is 5.91 Å². The molecule has 3 rings (SSSR count). The number of nitrogens with one attached hydrogen (secondary N) is 1. The van der Waals surface area contributed by atoms with Gasteiger partial charge in [0.1, 0.15) is 11.6 Å². The Morgan fingerprint density at radius 1 is 1.23 bits per heavy atom. The average Bonchev–Trinajstić information content (AvgIpc) is 3.29. The summed E-state index contributed by atoms with van der Waals surface area (Å²) in [5, 5.41) is 12.4. The number of carbonyl (C=O) groups excluding carboxylic acids is 2. The van der Waals surface area contributed by atoms with Gasteiger partial charge < -0.3 is 19.2 Å². The molecule has 0 spiro atoms. The Hall–Kier alpha value is -3.53. The molecule has 0 bridgehead atoms. The van der Waals surface area contributed by atoms with Gasteiger partial charge in [-0.25, -0.2) is 4.79 Å². The summed E-state index contributed by atoms with van der Waals surface area (Å²) < 4.78 is 15.6. The molecular formula is C23H24N2O5. The largest absolute Gasteiger partial charge is 0.493 e. The second-order valence-electron chi connectivity index (χ2n) is 7.29. The molecule has 30 heavy (non-hydrogen) atoms. The molecule has 1 fully saturated rings. The molecule has 0 radical (unpaired) electrons. The third-order valence-corrected chi connectivity index (χ3v) is 5.22. The first-order valence-electron chi connectivity index (χ1n) is 9.88. The smallest absolute Gasteiger partial charge is 0.379 e. The third-order valence-electron chi connectivity index (χ3n) is 5.22. The van der Waals surface area contributed by atoms with Crippen LogP contribution in [0, 0.1) is 17.2 Å². The molecule has 1 saturated carbocycles. The monoisotopic (exact) mass is 408 g/mol. The lowest BCUT2D eigenvalue weighted by Crippen LogP contribution is -2.41. The van der Waals surface area contributed by atoms with E-state index >= 15 is 0 Å². The van der Waals surface area contributed by atoms with Crippen molar-refractivity contribution in [3.8, 4) is 17.6 Å². The van der Waals surface area contributed by atoms with Crippen LogP contribution in [-0.4, -0.2) is 25.0 Å². The highest BCUT2D eigenvalue weighted by atomic mass is 16.6. The molecule has 2 atom stereocenters. The lowest BCUT2D eigenvalue weighted by molar-refractivity contribution is -0.118. The molecule has 1 aromatic carbocycles. The van der Waals surface area contributed by atoms with Gasteiger partial charge in [0, 0.05) is 6.04 Å². The Bertz CT molecular complexity index is 972. The number of ether oxygens (including phenoxy) is 2. The maximum absolute atomic E-state index is 12.6. The number of hydrogen-bond donors (Lipinski definition) is 1. The molecule has 2 aromatic rings. The van der Waals surface area contributed by atoms with E-state index < -0.39 is 5.97 Å². The van der Waals surface area contributed by atoms with Crippen molar-refractivity contribution in [1.29, 1.82) is 5.26 Å².